The number of hydrogen-bond donors (Lipinski definition) is 0. The number of alkyl halides is 3. The van der Waals surface area contributed by atoms with E-state index in [9.17, 15) is 22.0 Å². The van der Waals surface area contributed by atoms with Crippen LogP contribution in [0.15, 0.2) is 36.4 Å². The second-order valence-corrected chi connectivity index (χ2v) is 9.97. The molecule has 36 heavy (non-hydrogen) atoms. The number of halogens is 5. The summed E-state index contributed by atoms with van der Waals surface area (Å²) in [6, 6.07) is 7.16. The Morgan fingerprint density at radius 2 is 1.58 bits per heavy atom. The topological polar surface area (TPSA) is 27.7 Å². The van der Waals surface area contributed by atoms with E-state index in [1.165, 1.54) is 69.6 Å². The van der Waals surface area contributed by atoms with Crippen molar-refractivity contribution in [1.82, 2.24) is 0 Å². The molecule has 0 radical (unpaired) electrons. The van der Waals surface area contributed by atoms with Crippen molar-refractivity contribution >= 4 is 0 Å². The average Bonchev–Trinajstić information content (AvgIpc) is 2.85. The Morgan fingerprint density at radius 3 is 2.19 bits per heavy atom. The molecule has 2 aliphatic rings. The Morgan fingerprint density at radius 1 is 0.861 bits per heavy atom. The normalized spacial score (nSPS) is 25.1. The highest BCUT2D eigenvalue weighted by atomic mass is 19.4. The number of hydrogen-bond acceptors (Lipinski definition) is 3. The van der Waals surface area contributed by atoms with Crippen LogP contribution in [0.25, 0.3) is 11.1 Å². The van der Waals surface area contributed by atoms with Gasteiger partial charge in [-0.05, 0) is 48.4 Å². The molecule has 1 aliphatic carbocycles. The lowest BCUT2D eigenvalue weighted by molar-refractivity contribution is -0.275. The highest BCUT2D eigenvalue weighted by Crippen LogP contribution is 2.39. The Kier molecular flexibility index (Phi) is 8.88. The summed E-state index contributed by atoms with van der Waals surface area (Å²) in [4.78, 5) is 0. The fourth-order valence-corrected chi connectivity index (χ4v) is 5.40. The van der Waals surface area contributed by atoms with E-state index in [0.717, 1.165) is 18.1 Å². The van der Waals surface area contributed by atoms with E-state index in [2.05, 4.69) is 11.7 Å². The van der Waals surface area contributed by atoms with Crippen molar-refractivity contribution in [3.8, 4) is 16.9 Å². The van der Waals surface area contributed by atoms with Crippen LogP contribution in [-0.4, -0.2) is 19.6 Å². The number of unbranched alkanes of at least 4 members (excludes halogenated alkanes) is 2. The number of benzene rings is 2. The first-order valence-electron chi connectivity index (χ1n) is 12.8. The lowest BCUT2D eigenvalue weighted by atomic mass is 9.74. The molecule has 2 aromatic rings. The molecule has 0 aromatic heterocycles. The molecular formula is C28H33F5O3. The van der Waals surface area contributed by atoms with Crippen molar-refractivity contribution in [2.24, 2.45) is 17.8 Å². The Labute approximate surface area is 208 Å². The predicted octanol–water partition coefficient (Wildman–Crippen LogP) is 8.58. The monoisotopic (exact) mass is 512 g/mol. The summed E-state index contributed by atoms with van der Waals surface area (Å²) in [5.74, 6) is -1.07. The van der Waals surface area contributed by atoms with Gasteiger partial charge in [-0.3, -0.25) is 0 Å². The van der Waals surface area contributed by atoms with E-state index >= 15 is 0 Å². The van der Waals surface area contributed by atoms with Gasteiger partial charge in [0.1, 0.15) is 5.82 Å². The molecule has 2 aromatic carbocycles. The van der Waals surface area contributed by atoms with E-state index in [1.54, 1.807) is 6.07 Å². The minimum Gasteiger partial charge on any atom is -0.403 e. The molecule has 0 unspecified atom stereocenters. The van der Waals surface area contributed by atoms with Crippen LogP contribution in [0.1, 0.15) is 70.1 Å². The zero-order valence-corrected chi connectivity index (χ0v) is 20.5. The zero-order chi connectivity index (χ0) is 25.7. The van der Waals surface area contributed by atoms with E-state index in [-0.39, 0.29) is 11.1 Å². The summed E-state index contributed by atoms with van der Waals surface area (Å²) >= 11 is 0. The molecule has 0 amide bonds. The van der Waals surface area contributed by atoms with Gasteiger partial charge in [0, 0.05) is 17.0 Å². The third-order valence-electron chi connectivity index (χ3n) is 7.43. The minimum atomic E-state index is -5.01. The quantitative estimate of drug-likeness (QED) is 0.262. The van der Waals surface area contributed by atoms with Crippen molar-refractivity contribution in [2.45, 2.75) is 70.9 Å². The Hall–Kier alpha value is -2.19. The first-order chi connectivity index (χ1) is 17.2. The molecule has 0 N–H and O–H groups in total. The van der Waals surface area contributed by atoms with Crippen LogP contribution in [0.2, 0.25) is 0 Å². The van der Waals surface area contributed by atoms with E-state index in [1.807, 2.05) is 0 Å². The summed E-state index contributed by atoms with van der Waals surface area (Å²) in [6.45, 7) is 3.35. The lowest BCUT2D eigenvalue weighted by Gasteiger charge is -2.38. The molecule has 198 valence electrons. The summed E-state index contributed by atoms with van der Waals surface area (Å²) in [5.41, 5.74) is 0.661. The number of rotatable bonds is 8. The maximum atomic E-state index is 14.9. The molecular weight excluding hydrogens is 479 g/mol. The standard InChI is InChI=1S/C28H33F5O3/c1-2-3-4-5-18-6-8-19(9-7-18)22-16-34-27(35-17-22)21-10-12-23(24(29)15-21)20-11-13-26(25(30)14-20)36-28(31,32)33/h10-15,18-19,22,27H,2-9,16-17H2,1H3. The SMILES string of the molecule is CCCCCC1CCC(C2COC(c3ccc(-c4ccc(OC(F)(F)F)c(F)c4)c(F)c3)OC2)CC1. The molecule has 3 nitrogen and oxygen atoms in total. The van der Waals surface area contributed by atoms with Crippen molar-refractivity contribution < 1.29 is 36.2 Å². The minimum absolute atomic E-state index is 0.0561. The van der Waals surface area contributed by atoms with Crippen LogP contribution in [0.5, 0.6) is 5.75 Å². The van der Waals surface area contributed by atoms with Gasteiger partial charge in [-0.1, -0.05) is 63.6 Å². The molecule has 8 heteroatoms. The van der Waals surface area contributed by atoms with Crippen LogP contribution in [0, 0.1) is 29.4 Å². The van der Waals surface area contributed by atoms with E-state index < -0.39 is 30.0 Å². The lowest BCUT2D eigenvalue weighted by Crippen LogP contribution is -2.34. The highest BCUT2D eigenvalue weighted by Gasteiger charge is 2.33. The smallest absolute Gasteiger partial charge is 0.403 e. The third-order valence-corrected chi connectivity index (χ3v) is 7.43. The summed E-state index contributed by atoms with van der Waals surface area (Å²) in [7, 11) is 0. The molecule has 1 aliphatic heterocycles. The summed E-state index contributed by atoms with van der Waals surface area (Å²) < 4.78 is 81.5. The fraction of sp³-hybridized carbons (Fsp3) is 0.571. The van der Waals surface area contributed by atoms with Crippen LogP contribution < -0.4 is 4.74 Å². The molecule has 1 saturated heterocycles. The van der Waals surface area contributed by atoms with Crippen LogP contribution in [0.3, 0.4) is 0 Å². The van der Waals surface area contributed by atoms with Gasteiger partial charge in [0.05, 0.1) is 13.2 Å². The zero-order valence-electron chi connectivity index (χ0n) is 20.5. The first kappa shape index (κ1) is 26.9. The molecule has 1 saturated carbocycles. The molecule has 0 bridgehead atoms. The highest BCUT2D eigenvalue weighted by molar-refractivity contribution is 5.65. The second kappa shape index (κ2) is 11.9. The summed E-state index contributed by atoms with van der Waals surface area (Å²) in [5, 5.41) is 0. The van der Waals surface area contributed by atoms with Crippen LogP contribution >= 0.6 is 0 Å². The van der Waals surface area contributed by atoms with Gasteiger partial charge < -0.3 is 14.2 Å². The molecule has 0 spiro atoms. The largest absolute Gasteiger partial charge is 0.573 e. The van der Waals surface area contributed by atoms with E-state index in [0.29, 0.717) is 30.6 Å². The van der Waals surface area contributed by atoms with Gasteiger partial charge in [-0.25, -0.2) is 8.78 Å². The molecule has 0 atom stereocenters. The average molecular weight is 513 g/mol. The number of ether oxygens (including phenoxy) is 3. The van der Waals surface area contributed by atoms with Crippen LogP contribution in [0.4, 0.5) is 22.0 Å². The van der Waals surface area contributed by atoms with Gasteiger partial charge in [-0.15, -0.1) is 13.2 Å². The molecule has 1 heterocycles. The molecule has 2 fully saturated rings. The summed E-state index contributed by atoms with van der Waals surface area (Å²) in [6.07, 6.45) is 4.47. The third kappa shape index (κ3) is 6.97. The van der Waals surface area contributed by atoms with Gasteiger partial charge >= 0.3 is 6.36 Å². The van der Waals surface area contributed by atoms with Gasteiger partial charge in [0.2, 0.25) is 0 Å². The van der Waals surface area contributed by atoms with Gasteiger partial charge in [0.25, 0.3) is 0 Å². The van der Waals surface area contributed by atoms with Crippen LogP contribution in [-0.2, 0) is 9.47 Å². The van der Waals surface area contributed by atoms with E-state index in [4.69, 9.17) is 9.47 Å². The molecule has 4 rings (SSSR count). The van der Waals surface area contributed by atoms with Gasteiger partial charge in [-0.2, -0.15) is 0 Å². The predicted molar refractivity (Wildman–Crippen MR) is 126 cm³/mol. The van der Waals surface area contributed by atoms with Crippen molar-refractivity contribution in [1.29, 1.82) is 0 Å². The second-order valence-electron chi connectivity index (χ2n) is 9.97. The maximum absolute atomic E-state index is 14.9. The van der Waals surface area contributed by atoms with Crippen molar-refractivity contribution in [2.75, 3.05) is 13.2 Å². The fourth-order valence-electron chi connectivity index (χ4n) is 5.40. The Bertz CT molecular complexity index is 993. The van der Waals surface area contributed by atoms with Crippen molar-refractivity contribution in [3.63, 3.8) is 0 Å². The van der Waals surface area contributed by atoms with Crippen molar-refractivity contribution in [3.05, 3.63) is 53.6 Å². The Balaban J connectivity index is 1.31. The van der Waals surface area contributed by atoms with Gasteiger partial charge in [0.15, 0.2) is 17.9 Å². The maximum Gasteiger partial charge on any atom is 0.573 e. The first-order valence-corrected chi connectivity index (χ1v) is 12.8.